The highest BCUT2D eigenvalue weighted by Gasteiger charge is 2.45. The van der Waals surface area contributed by atoms with E-state index in [0.717, 1.165) is 16.9 Å². The van der Waals surface area contributed by atoms with Crippen molar-refractivity contribution in [2.45, 2.75) is 92.7 Å². The Morgan fingerprint density at radius 2 is 1.50 bits per heavy atom. The summed E-state index contributed by atoms with van der Waals surface area (Å²) in [6.45, 7) is 16.8. The molecule has 1 heterocycles. The normalized spacial score (nSPS) is 22.4. The number of rotatable bonds is 4. The molecule has 144 valence electrons. The van der Waals surface area contributed by atoms with Gasteiger partial charge in [0.25, 0.3) is 0 Å². The van der Waals surface area contributed by atoms with Crippen molar-refractivity contribution in [3.05, 3.63) is 17.4 Å². The number of hydrogen-bond donors (Lipinski definition) is 0. The lowest BCUT2D eigenvalue weighted by Gasteiger charge is -2.30. The van der Waals surface area contributed by atoms with Gasteiger partial charge in [-0.15, -0.1) is 0 Å². The molecular formula is C20H42N2O2. The summed E-state index contributed by atoms with van der Waals surface area (Å²) in [5, 5.41) is 12.0. The molecule has 0 spiro atoms. The van der Waals surface area contributed by atoms with Crippen LogP contribution in [-0.4, -0.2) is 41.3 Å². The molecular weight excluding hydrogens is 300 g/mol. The van der Waals surface area contributed by atoms with Crippen LogP contribution >= 0.6 is 0 Å². The van der Waals surface area contributed by atoms with Crippen LogP contribution in [0, 0.1) is 11.1 Å². The van der Waals surface area contributed by atoms with E-state index in [-0.39, 0.29) is 5.54 Å². The predicted molar refractivity (Wildman–Crippen MR) is 106 cm³/mol. The van der Waals surface area contributed by atoms with Crippen molar-refractivity contribution in [3.63, 3.8) is 0 Å². The monoisotopic (exact) mass is 342 g/mol. The van der Waals surface area contributed by atoms with Crippen LogP contribution in [0.5, 0.6) is 0 Å². The van der Waals surface area contributed by atoms with E-state index >= 15 is 0 Å². The van der Waals surface area contributed by atoms with Crippen molar-refractivity contribution in [1.82, 2.24) is 5.06 Å². The average Bonchev–Trinajstić information content (AvgIpc) is 2.75. The summed E-state index contributed by atoms with van der Waals surface area (Å²) in [4.78, 5) is 5.76. The standard InChI is InChI=1S/C10H21NO.C6H12.C4H9NO/c1-6-8-9(7-2)12-11(5)10(8,3)4;1-3-5-6-4-2;1-4(2)5(3)6/h8-9H,6-7H2,1-5H3;5-6H,3-4H2,1-2H3;1-3H3/b;6-5-;. The Morgan fingerprint density at radius 3 is 1.71 bits per heavy atom. The first kappa shape index (κ1) is 25.4. The summed E-state index contributed by atoms with van der Waals surface area (Å²) in [7, 11) is 3.52. The highest BCUT2D eigenvalue weighted by molar-refractivity contribution is 5.73. The topological polar surface area (TPSA) is 38.5 Å². The van der Waals surface area contributed by atoms with Crippen molar-refractivity contribution >= 4 is 5.71 Å². The molecule has 0 aromatic carbocycles. The Balaban J connectivity index is 0. The maximum atomic E-state index is 10.0. The van der Waals surface area contributed by atoms with E-state index in [9.17, 15) is 5.21 Å². The first-order chi connectivity index (χ1) is 11.1. The fourth-order valence-corrected chi connectivity index (χ4v) is 2.56. The van der Waals surface area contributed by atoms with Gasteiger partial charge in [-0.1, -0.05) is 39.8 Å². The number of hydroxylamine groups is 3. The SMILES string of the molecule is CC(C)=[N+](C)[O-].CC/C=C\CC.CCC1ON(C)C(C)(C)C1CC. The minimum Gasteiger partial charge on any atom is -0.624 e. The van der Waals surface area contributed by atoms with Gasteiger partial charge in [0.05, 0.1) is 6.10 Å². The summed E-state index contributed by atoms with van der Waals surface area (Å²) in [5.74, 6) is 0.674. The second kappa shape index (κ2) is 13.4. The molecule has 0 amide bonds. The van der Waals surface area contributed by atoms with Gasteiger partial charge in [0.1, 0.15) is 7.05 Å². The van der Waals surface area contributed by atoms with Gasteiger partial charge in [0, 0.05) is 32.4 Å². The van der Waals surface area contributed by atoms with Crippen LogP contribution in [-0.2, 0) is 4.84 Å². The Kier molecular flexibility index (Phi) is 14.2. The Bertz CT molecular complexity index is 352. The maximum absolute atomic E-state index is 10.0. The average molecular weight is 343 g/mol. The fraction of sp³-hybridized carbons (Fsp3) is 0.850. The van der Waals surface area contributed by atoms with Crippen LogP contribution < -0.4 is 0 Å². The van der Waals surface area contributed by atoms with Crippen LogP contribution in [0.15, 0.2) is 12.2 Å². The summed E-state index contributed by atoms with van der Waals surface area (Å²) < 4.78 is 0.833. The predicted octanol–water partition coefficient (Wildman–Crippen LogP) is 5.42. The molecule has 0 saturated carbocycles. The molecule has 0 N–H and O–H groups in total. The second-order valence-corrected chi connectivity index (χ2v) is 6.95. The van der Waals surface area contributed by atoms with Gasteiger partial charge in [0.2, 0.25) is 0 Å². The van der Waals surface area contributed by atoms with Crippen molar-refractivity contribution in [2.24, 2.45) is 5.92 Å². The van der Waals surface area contributed by atoms with Crippen LogP contribution in [0.3, 0.4) is 0 Å². The Hall–Kier alpha value is -0.870. The highest BCUT2D eigenvalue weighted by Crippen LogP contribution is 2.38. The van der Waals surface area contributed by atoms with Crippen LogP contribution in [0.25, 0.3) is 0 Å². The van der Waals surface area contributed by atoms with Crippen molar-refractivity contribution in [1.29, 1.82) is 0 Å². The third kappa shape index (κ3) is 9.43. The number of nitrogens with zero attached hydrogens (tertiary/aromatic N) is 2. The second-order valence-electron chi connectivity index (χ2n) is 6.95. The van der Waals surface area contributed by atoms with Gasteiger partial charge in [0.15, 0.2) is 5.71 Å². The molecule has 1 saturated heterocycles. The molecule has 1 rings (SSSR count). The largest absolute Gasteiger partial charge is 0.624 e. The molecule has 0 aliphatic carbocycles. The van der Waals surface area contributed by atoms with E-state index in [2.05, 4.69) is 53.7 Å². The van der Waals surface area contributed by atoms with Gasteiger partial charge in [-0.2, -0.15) is 5.06 Å². The molecule has 0 aromatic rings. The van der Waals surface area contributed by atoms with Gasteiger partial charge in [-0.25, -0.2) is 4.74 Å². The Labute approximate surface area is 151 Å². The summed E-state index contributed by atoms with van der Waals surface area (Å²) >= 11 is 0. The molecule has 24 heavy (non-hydrogen) atoms. The lowest BCUT2D eigenvalue weighted by Crippen LogP contribution is -2.39. The molecule has 4 heteroatoms. The van der Waals surface area contributed by atoms with Crippen LogP contribution in [0.4, 0.5) is 0 Å². The molecule has 1 aliphatic rings. The highest BCUT2D eigenvalue weighted by atomic mass is 16.7. The van der Waals surface area contributed by atoms with Crippen molar-refractivity contribution < 1.29 is 9.58 Å². The van der Waals surface area contributed by atoms with E-state index in [1.165, 1.54) is 26.3 Å². The maximum Gasteiger partial charge on any atom is 0.157 e. The first-order valence-electron chi connectivity index (χ1n) is 9.36. The van der Waals surface area contributed by atoms with E-state index < -0.39 is 0 Å². The zero-order chi connectivity index (χ0) is 19.3. The molecule has 2 atom stereocenters. The first-order valence-corrected chi connectivity index (χ1v) is 9.36. The zero-order valence-electron chi connectivity index (χ0n) is 17.8. The zero-order valence-corrected chi connectivity index (χ0v) is 17.8. The number of allylic oxidation sites excluding steroid dienone is 2. The van der Waals surface area contributed by atoms with Crippen molar-refractivity contribution in [2.75, 3.05) is 14.1 Å². The molecule has 1 aliphatic heterocycles. The summed E-state index contributed by atoms with van der Waals surface area (Å²) in [5.41, 5.74) is 0.991. The molecule has 2 unspecified atom stereocenters. The third-order valence-corrected chi connectivity index (χ3v) is 4.57. The quantitative estimate of drug-likeness (QED) is 0.225. The number of hydrogen-bond acceptors (Lipinski definition) is 3. The van der Waals surface area contributed by atoms with E-state index in [1.807, 2.05) is 12.1 Å². The molecule has 1 fully saturated rings. The molecule has 0 aromatic heterocycles. The lowest BCUT2D eigenvalue weighted by molar-refractivity contribution is -0.423. The van der Waals surface area contributed by atoms with Crippen LogP contribution in [0.2, 0.25) is 0 Å². The van der Waals surface area contributed by atoms with Gasteiger partial charge in [-0.3, -0.25) is 4.84 Å². The minimum atomic E-state index is 0.204. The molecule has 0 bridgehead atoms. The van der Waals surface area contributed by atoms with Crippen molar-refractivity contribution in [3.8, 4) is 0 Å². The fourth-order valence-electron chi connectivity index (χ4n) is 2.56. The van der Waals surface area contributed by atoms with Gasteiger partial charge < -0.3 is 5.21 Å². The van der Waals surface area contributed by atoms with E-state index in [0.29, 0.717) is 12.0 Å². The van der Waals surface area contributed by atoms with E-state index in [1.54, 1.807) is 13.8 Å². The summed E-state index contributed by atoms with van der Waals surface area (Å²) in [6, 6.07) is 0. The lowest BCUT2D eigenvalue weighted by atomic mass is 9.82. The smallest absolute Gasteiger partial charge is 0.157 e. The van der Waals surface area contributed by atoms with Gasteiger partial charge in [-0.05, 0) is 39.5 Å². The molecule has 4 nitrogen and oxygen atoms in total. The minimum absolute atomic E-state index is 0.204. The van der Waals surface area contributed by atoms with Gasteiger partial charge >= 0.3 is 0 Å². The molecule has 0 radical (unpaired) electrons. The summed E-state index contributed by atoms with van der Waals surface area (Å²) in [6.07, 6.45) is 9.46. The Morgan fingerprint density at radius 1 is 1.08 bits per heavy atom. The van der Waals surface area contributed by atoms with Crippen LogP contribution in [0.1, 0.15) is 81.1 Å². The third-order valence-electron chi connectivity index (χ3n) is 4.57. The van der Waals surface area contributed by atoms with E-state index in [4.69, 9.17) is 4.84 Å².